The molecule has 0 saturated heterocycles. The van der Waals surface area contributed by atoms with Crippen molar-refractivity contribution in [2.45, 2.75) is 43.8 Å². The van der Waals surface area contributed by atoms with Gasteiger partial charge in [-0.1, -0.05) is 61.5 Å². The molecule has 4 heteroatoms. The molecular weight excluding hydrogens is 230 g/mol. The molecule has 82 valence electrons. The number of alkyl halides is 3. The van der Waals surface area contributed by atoms with Gasteiger partial charge in [0.15, 0.2) is 4.30 Å². The van der Waals surface area contributed by atoms with E-state index in [4.69, 9.17) is 39.5 Å². The van der Waals surface area contributed by atoms with Gasteiger partial charge in [0, 0.05) is 13.2 Å². The Labute approximate surface area is 96.7 Å². The molecule has 0 aliphatic carbocycles. The van der Waals surface area contributed by atoms with Crippen LogP contribution in [0.5, 0.6) is 0 Å². The van der Waals surface area contributed by atoms with Crippen LogP contribution < -0.4 is 0 Å². The number of ether oxygens (including phenoxy) is 1. The van der Waals surface area contributed by atoms with Gasteiger partial charge in [-0.3, -0.25) is 0 Å². The van der Waals surface area contributed by atoms with E-state index in [-0.39, 0.29) is 0 Å². The molecular formula is C9H19Cl3O. The molecule has 0 radical (unpaired) electrons. The normalized spacial score (nSPS) is 9.69. The minimum absolute atomic E-state index is 0.750. The molecule has 0 aromatic rings. The number of hydrogen-bond acceptors (Lipinski definition) is 1. The Morgan fingerprint density at radius 2 is 1.23 bits per heavy atom. The van der Waals surface area contributed by atoms with Gasteiger partial charge in [-0.2, -0.15) is 0 Å². The first-order valence-corrected chi connectivity index (χ1v) is 5.96. The van der Waals surface area contributed by atoms with Crippen molar-refractivity contribution in [2.24, 2.45) is 0 Å². The molecule has 0 atom stereocenters. The maximum Gasteiger partial charge on any atom is 0.180 e. The number of rotatable bonds is 6. The van der Waals surface area contributed by atoms with E-state index >= 15 is 0 Å². The summed E-state index contributed by atoms with van der Waals surface area (Å²) in [6.45, 7) is 6.28. The minimum atomic E-state index is -0.750. The Bertz CT molecular complexity index is 70.5. The molecule has 0 bridgehead atoms. The highest BCUT2D eigenvalue weighted by atomic mass is 35.6. The average Bonchev–Trinajstić information content (AvgIpc) is 2.03. The van der Waals surface area contributed by atoms with Crippen molar-refractivity contribution in [2.75, 3.05) is 13.2 Å². The molecule has 0 rings (SSSR count). The van der Waals surface area contributed by atoms with Crippen LogP contribution in [0.1, 0.15) is 39.5 Å². The van der Waals surface area contributed by atoms with Crippen molar-refractivity contribution in [1.82, 2.24) is 0 Å². The van der Waals surface area contributed by atoms with Gasteiger partial charge in [-0.15, -0.1) is 0 Å². The fourth-order valence-electron chi connectivity index (χ4n) is 0.595. The van der Waals surface area contributed by atoms with Crippen LogP contribution in [0.15, 0.2) is 0 Å². The van der Waals surface area contributed by atoms with Crippen LogP contribution in [0, 0.1) is 0 Å². The first-order chi connectivity index (χ1) is 6.15. The van der Waals surface area contributed by atoms with Crippen LogP contribution in [0.2, 0.25) is 0 Å². The molecule has 0 saturated carbocycles. The Morgan fingerprint density at radius 1 is 0.923 bits per heavy atom. The molecule has 0 aromatic heterocycles. The zero-order chi connectivity index (χ0) is 10.5. The van der Waals surface area contributed by atoms with Crippen LogP contribution in [-0.2, 0) is 4.74 Å². The van der Waals surface area contributed by atoms with E-state index in [0.29, 0.717) is 0 Å². The maximum atomic E-state index is 5.31. The van der Waals surface area contributed by atoms with Crippen LogP contribution >= 0.6 is 34.8 Å². The number of unbranched alkanes of at least 4 members (excludes halogenated alkanes) is 2. The van der Waals surface area contributed by atoms with Gasteiger partial charge in [-0.25, -0.2) is 0 Å². The van der Waals surface area contributed by atoms with Gasteiger partial charge < -0.3 is 4.74 Å². The van der Waals surface area contributed by atoms with E-state index in [1.165, 1.54) is 25.7 Å². The summed E-state index contributed by atoms with van der Waals surface area (Å²) in [4.78, 5) is 0. The van der Waals surface area contributed by atoms with Crippen molar-refractivity contribution in [1.29, 1.82) is 0 Å². The fourth-order valence-corrected chi connectivity index (χ4v) is 0.595. The van der Waals surface area contributed by atoms with Crippen LogP contribution in [0.25, 0.3) is 0 Å². The summed E-state index contributed by atoms with van der Waals surface area (Å²) in [7, 11) is 0. The van der Waals surface area contributed by atoms with Gasteiger partial charge >= 0.3 is 0 Å². The molecule has 0 spiro atoms. The van der Waals surface area contributed by atoms with Crippen molar-refractivity contribution < 1.29 is 4.74 Å². The average molecular weight is 250 g/mol. The van der Waals surface area contributed by atoms with Gasteiger partial charge in [0.25, 0.3) is 0 Å². The van der Waals surface area contributed by atoms with E-state index in [1.807, 2.05) is 0 Å². The second kappa shape index (κ2) is 15.3. The third-order valence-corrected chi connectivity index (χ3v) is 1.28. The topological polar surface area (TPSA) is 9.23 Å². The summed E-state index contributed by atoms with van der Waals surface area (Å²) < 4.78 is 4.56. The molecule has 0 unspecified atom stereocenters. The smallest absolute Gasteiger partial charge is 0.180 e. The van der Waals surface area contributed by atoms with Gasteiger partial charge in [0.2, 0.25) is 0 Å². The minimum Gasteiger partial charge on any atom is -0.381 e. The molecule has 0 amide bonds. The summed E-state index contributed by atoms with van der Waals surface area (Å²) in [6.07, 6.45) is 4.91. The van der Waals surface area contributed by atoms with Gasteiger partial charge in [0.1, 0.15) is 0 Å². The summed E-state index contributed by atoms with van der Waals surface area (Å²) in [6, 6.07) is 0. The molecule has 13 heavy (non-hydrogen) atoms. The molecule has 0 aromatic carbocycles. The number of hydrogen-bond donors (Lipinski definition) is 0. The van der Waals surface area contributed by atoms with Crippen molar-refractivity contribution in [3.8, 4) is 0 Å². The lowest BCUT2D eigenvalue weighted by Gasteiger charge is -1.99. The summed E-state index contributed by atoms with van der Waals surface area (Å²) in [5, 5.41) is 0. The first-order valence-electron chi connectivity index (χ1n) is 4.65. The van der Waals surface area contributed by atoms with E-state index < -0.39 is 4.30 Å². The largest absolute Gasteiger partial charge is 0.381 e. The third kappa shape index (κ3) is 32.3. The van der Waals surface area contributed by atoms with Crippen molar-refractivity contribution >= 4 is 34.8 Å². The van der Waals surface area contributed by atoms with E-state index in [1.54, 1.807) is 0 Å². The molecule has 0 heterocycles. The van der Waals surface area contributed by atoms with Crippen molar-refractivity contribution in [3.05, 3.63) is 0 Å². The second-order valence-corrected chi connectivity index (χ2v) is 4.55. The molecule has 0 aliphatic rings. The first kappa shape index (κ1) is 16.3. The highest BCUT2D eigenvalue weighted by Gasteiger charge is 1.84. The third-order valence-electron chi connectivity index (χ3n) is 1.28. The lowest BCUT2D eigenvalue weighted by atomic mass is 10.3. The Balaban J connectivity index is 0. The molecule has 1 nitrogen and oxygen atoms in total. The van der Waals surface area contributed by atoms with Gasteiger partial charge in [0.05, 0.1) is 0 Å². The lowest BCUT2D eigenvalue weighted by Crippen LogP contribution is -1.95. The van der Waals surface area contributed by atoms with Crippen LogP contribution in [0.4, 0.5) is 0 Å². The fraction of sp³-hybridized carbons (Fsp3) is 1.00. The Kier molecular flexibility index (Phi) is 19.2. The van der Waals surface area contributed by atoms with Crippen molar-refractivity contribution in [3.63, 3.8) is 0 Å². The highest BCUT2D eigenvalue weighted by molar-refractivity contribution is 6.63. The Morgan fingerprint density at radius 3 is 1.46 bits per heavy atom. The van der Waals surface area contributed by atoms with E-state index in [9.17, 15) is 0 Å². The summed E-state index contributed by atoms with van der Waals surface area (Å²) >= 11 is 14.4. The second-order valence-electron chi connectivity index (χ2n) is 2.57. The highest BCUT2D eigenvalue weighted by Crippen LogP contribution is 2.03. The molecule has 0 fully saturated rings. The zero-order valence-corrected chi connectivity index (χ0v) is 10.6. The Hall–Kier alpha value is 0.830. The monoisotopic (exact) mass is 248 g/mol. The quantitative estimate of drug-likeness (QED) is 0.494. The predicted octanol–water partition coefficient (Wildman–Crippen LogP) is 4.59. The van der Waals surface area contributed by atoms with Gasteiger partial charge in [-0.05, 0) is 12.8 Å². The van der Waals surface area contributed by atoms with Crippen LogP contribution in [-0.4, -0.2) is 17.5 Å². The zero-order valence-electron chi connectivity index (χ0n) is 8.36. The maximum absolute atomic E-state index is 5.31. The lowest BCUT2D eigenvalue weighted by molar-refractivity contribution is 0.128. The summed E-state index contributed by atoms with van der Waals surface area (Å²) in [5.74, 6) is 0. The van der Waals surface area contributed by atoms with E-state index in [0.717, 1.165) is 13.2 Å². The standard InChI is InChI=1S/C8H18O.CHCl3/c1-3-5-7-9-8-6-4-2;2-1(3)4/h3-8H2,1-2H3;1H. The molecule has 0 N–H and O–H groups in total. The SMILES string of the molecule is CCCCOCCCC.ClC(Cl)Cl. The number of halogens is 3. The molecule has 0 aliphatic heterocycles. The summed E-state index contributed by atoms with van der Waals surface area (Å²) in [5.41, 5.74) is 0. The van der Waals surface area contributed by atoms with E-state index in [2.05, 4.69) is 13.8 Å². The van der Waals surface area contributed by atoms with Crippen LogP contribution in [0.3, 0.4) is 0 Å². The predicted molar refractivity (Wildman–Crippen MR) is 62.0 cm³/mol.